The molecule has 0 amide bonds. The number of benzene rings is 2. The van der Waals surface area contributed by atoms with Crippen molar-refractivity contribution < 1.29 is 28.5 Å². The Labute approximate surface area is 152 Å². The van der Waals surface area contributed by atoms with Crippen molar-refractivity contribution in [3.8, 4) is 11.5 Å². The molecule has 0 aliphatic rings. The Bertz CT molecular complexity index is 851. The fourth-order valence-electron chi connectivity index (χ4n) is 1.98. The molecule has 0 fully saturated rings. The molecule has 0 heterocycles. The van der Waals surface area contributed by atoms with Gasteiger partial charge in [0.15, 0.2) is 11.5 Å². The summed E-state index contributed by atoms with van der Waals surface area (Å²) >= 11 is 2.03. The average molecular weight is 463 g/mol. The number of hydrogen-bond donors (Lipinski definition) is 4. The van der Waals surface area contributed by atoms with Crippen LogP contribution in [-0.2, 0) is 21.2 Å². The summed E-state index contributed by atoms with van der Waals surface area (Å²) in [5.74, 6) is -2.10. The van der Waals surface area contributed by atoms with Crippen molar-refractivity contribution in [2.75, 3.05) is 0 Å². The Kier molecular flexibility index (Phi) is 5.67. The maximum Gasteiger partial charge on any atom is 0.322 e. The van der Waals surface area contributed by atoms with Crippen LogP contribution in [0.5, 0.6) is 11.5 Å². The molecule has 2 aromatic rings. The highest BCUT2D eigenvalue weighted by Crippen LogP contribution is 2.25. The van der Waals surface area contributed by atoms with Gasteiger partial charge in [0.05, 0.1) is 4.90 Å². The summed E-state index contributed by atoms with van der Waals surface area (Å²) in [5.41, 5.74) is 0.364. The van der Waals surface area contributed by atoms with Crippen LogP contribution in [0.15, 0.2) is 47.4 Å². The van der Waals surface area contributed by atoms with Crippen LogP contribution in [0.1, 0.15) is 5.56 Å². The van der Waals surface area contributed by atoms with Gasteiger partial charge in [0.1, 0.15) is 6.04 Å². The number of carbonyl (C=O) groups is 1. The van der Waals surface area contributed by atoms with Crippen LogP contribution in [0.25, 0.3) is 0 Å². The zero-order valence-corrected chi connectivity index (χ0v) is 15.2. The van der Waals surface area contributed by atoms with E-state index in [9.17, 15) is 28.5 Å². The van der Waals surface area contributed by atoms with Gasteiger partial charge in [-0.3, -0.25) is 4.79 Å². The summed E-state index contributed by atoms with van der Waals surface area (Å²) in [6.45, 7) is 0. The maximum atomic E-state index is 12.3. The van der Waals surface area contributed by atoms with Crippen LogP contribution in [0.2, 0.25) is 0 Å². The molecule has 7 nitrogen and oxygen atoms in total. The standard InChI is InChI=1S/C15H14INO6S/c16-10-2-4-11(5-3-10)24(22,23)17-12(15(20)21)7-9-1-6-13(18)14(19)8-9/h1-6,8,12,17-19H,7H2,(H,20,21). The number of phenolic OH excluding ortho intramolecular Hbond substituents is 2. The lowest BCUT2D eigenvalue weighted by atomic mass is 10.1. The van der Waals surface area contributed by atoms with Crippen LogP contribution >= 0.6 is 22.6 Å². The summed E-state index contributed by atoms with van der Waals surface area (Å²) in [7, 11) is -4.01. The SMILES string of the molecule is O=C(O)C(Cc1ccc(O)c(O)c1)NS(=O)(=O)c1ccc(I)cc1. The summed E-state index contributed by atoms with van der Waals surface area (Å²) in [6.07, 6.45) is -0.188. The quantitative estimate of drug-likeness (QED) is 0.382. The molecule has 128 valence electrons. The molecular formula is C15H14INO6S. The van der Waals surface area contributed by atoms with Gasteiger partial charge in [-0.05, 0) is 71.0 Å². The minimum Gasteiger partial charge on any atom is -0.504 e. The second kappa shape index (κ2) is 7.36. The molecule has 0 spiro atoms. The van der Waals surface area contributed by atoms with Crippen molar-refractivity contribution in [3.63, 3.8) is 0 Å². The molecule has 24 heavy (non-hydrogen) atoms. The second-order valence-electron chi connectivity index (χ2n) is 4.99. The van der Waals surface area contributed by atoms with Crippen molar-refractivity contribution in [1.82, 2.24) is 4.72 Å². The summed E-state index contributed by atoms with van der Waals surface area (Å²) in [6, 6.07) is 8.35. The Morgan fingerprint density at radius 1 is 1.08 bits per heavy atom. The van der Waals surface area contributed by atoms with Gasteiger partial charge in [-0.2, -0.15) is 4.72 Å². The topological polar surface area (TPSA) is 124 Å². The predicted octanol–water partition coefficient (Wildman–Crippen LogP) is 1.68. The largest absolute Gasteiger partial charge is 0.504 e. The highest BCUT2D eigenvalue weighted by Gasteiger charge is 2.26. The molecule has 1 atom stereocenters. The molecule has 1 unspecified atom stereocenters. The van der Waals surface area contributed by atoms with Gasteiger partial charge in [-0.25, -0.2) is 8.42 Å². The Morgan fingerprint density at radius 3 is 2.25 bits per heavy atom. The second-order valence-corrected chi connectivity index (χ2v) is 7.95. The molecular weight excluding hydrogens is 449 g/mol. The van der Waals surface area contributed by atoms with Gasteiger partial charge in [-0.15, -0.1) is 0 Å². The molecule has 0 saturated heterocycles. The first-order chi connectivity index (χ1) is 11.2. The van der Waals surface area contributed by atoms with E-state index in [4.69, 9.17) is 0 Å². The Hall–Kier alpha value is -1.85. The Balaban J connectivity index is 2.23. The molecule has 0 radical (unpaired) electrons. The first kappa shape index (κ1) is 18.5. The molecule has 0 aromatic heterocycles. The van der Waals surface area contributed by atoms with E-state index >= 15 is 0 Å². The van der Waals surface area contributed by atoms with Crippen LogP contribution in [0.4, 0.5) is 0 Å². The molecule has 0 aliphatic heterocycles. The van der Waals surface area contributed by atoms with E-state index < -0.39 is 27.8 Å². The fraction of sp³-hybridized carbons (Fsp3) is 0.133. The number of nitrogens with one attached hydrogen (secondary N) is 1. The van der Waals surface area contributed by atoms with Gasteiger partial charge in [0, 0.05) is 3.57 Å². The van der Waals surface area contributed by atoms with Gasteiger partial charge in [0.2, 0.25) is 10.0 Å². The zero-order valence-electron chi connectivity index (χ0n) is 12.2. The Morgan fingerprint density at radius 2 is 1.71 bits per heavy atom. The van der Waals surface area contributed by atoms with Crippen molar-refractivity contribution in [1.29, 1.82) is 0 Å². The number of carboxylic acids is 1. The van der Waals surface area contributed by atoms with E-state index in [1.54, 1.807) is 12.1 Å². The summed E-state index contributed by atoms with van der Waals surface area (Å²) < 4.78 is 27.6. The highest BCUT2D eigenvalue weighted by molar-refractivity contribution is 14.1. The first-order valence-corrected chi connectivity index (χ1v) is 9.27. The monoisotopic (exact) mass is 463 g/mol. The lowest BCUT2D eigenvalue weighted by Gasteiger charge is -2.15. The number of aromatic hydroxyl groups is 2. The third kappa shape index (κ3) is 4.58. The van der Waals surface area contributed by atoms with E-state index in [0.29, 0.717) is 5.56 Å². The highest BCUT2D eigenvalue weighted by atomic mass is 127. The summed E-state index contributed by atoms with van der Waals surface area (Å²) in [5, 5.41) is 28.0. The molecule has 0 aliphatic carbocycles. The zero-order chi connectivity index (χ0) is 17.9. The molecule has 9 heteroatoms. The number of rotatable bonds is 6. The first-order valence-electron chi connectivity index (χ1n) is 6.70. The lowest BCUT2D eigenvalue weighted by Crippen LogP contribution is -2.42. The number of carboxylic acid groups (broad SMARTS) is 1. The number of halogens is 1. The van der Waals surface area contributed by atoms with E-state index in [1.807, 2.05) is 22.6 Å². The minimum absolute atomic E-state index is 0.0391. The van der Waals surface area contributed by atoms with Crippen LogP contribution in [0.3, 0.4) is 0 Å². The molecule has 0 bridgehead atoms. The van der Waals surface area contributed by atoms with Gasteiger partial charge < -0.3 is 15.3 Å². The van der Waals surface area contributed by atoms with Crippen LogP contribution in [-0.4, -0.2) is 35.7 Å². The van der Waals surface area contributed by atoms with E-state index in [2.05, 4.69) is 4.72 Å². The van der Waals surface area contributed by atoms with E-state index in [-0.39, 0.29) is 17.1 Å². The molecule has 2 rings (SSSR count). The maximum absolute atomic E-state index is 12.3. The van der Waals surface area contributed by atoms with E-state index in [1.165, 1.54) is 30.3 Å². The van der Waals surface area contributed by atoms with Gasteiger partial charge >= 0.3 is 5.97 Å². The average Bonchev–Trinajstić information content (AvgIpc) is 2.50. The normalized spacial score (nSPS) is 12.7. The fourth-order valence-corrected chi connectivity index (χ4v) is 3.53. The van der Waals surface area contributed by atoms with Gasteiger partial charge in [0.25, 0.3) is 0 Å². The van der Waals surface area contributed by atoms with Gasteiger partial charge in [-0.1, -0.05) is 6.07 Å². The molecule has 4 N–H and O–H groups in total. The molecule has 0 saturated carbocycles. The number of aliphatic carboxylic acids is 1. The minimum atomic E-state index is -4.01. The third-order valence-electron chi connectivity index (χ3n) is 3.20. The van der Waals surface area contributed by atoms with Crippen molar-refractivity contribution >= 4 is 38.6 Å². The smallest absolute Gasteiger partial charge is 0.322 e. The molecule has 2 aromatic carbocycles. The number of hydrogen-bond acceptors (Lipinski definition) is 5. The predicted molar refractivity (Wildman–Crippen MR) is 94.4 cm³/mol. The van der Waals surface area contributed by atoms with Crippen LogP contribution in [0, 0.1) is 3.57 Å². The van der Waals surface area contributed by atoms with Crippen molar-refractivity contribution in [2.45, 2.75) is 17.4 Å². The third-order valence-corrected chi connectivity index (χ3v) is 5.41. The number of phenols is 2. The number of sulfonamides is 1. The van der Waals surface area contributed by atoms with Crippen molar-refractivity contribution in [3.05, 3.63) is 51.6 Å². The van der Waals surface area contributed by atoms with Crippen molar-refractivity contribution in [2.24, 2.45) is 0 Å². The lowest BCUT2D eigenvalue weighted by molar-refractivity contribution is -0.138. The summed E-state index contributed by atoms with van der Waals surface area (Å²) in [4.78, 5) is 11.3. The van der Waals surface area contributed by atoms with E-state index in [0.717, 1.165) is 3.57 Å². The van der Waals surface area contributed by atoms with Crippen LogP contribution < -0.4 is 4.72 Å².